The number of carbonyl (C=O) groups is 1. The summed E-state index contributed by atoms with van der Waals surface area (Å²) >= 11 is 0. The number of nitrogens with one attached hydrogen (secondary N) is 1. The lowest BCUT2D eigenvalue weighted by atomic mass is 10.0. The number of carbonyl (C=O) groups excluding carboxylic acids is 1. The Labute approximate surface area is 137 Å². The normalized spacial score (nSPS) is 17.8. The van der Waals surface area contributed by atoms with Crippen molar-refractivity contribution in [3.05, 3.63) is 65.7 Å². The Balaban J connectivity index is 1.88. The first-order chi connectivity index (χ1) is 11.3. The molecule has 4 heteroatoms. The van der Waals surface area contributed by atoms with E-state index in [1.807, 2.05) is 30.3 Å². The molecule has 1 unspecified atom stereocenters. The number of ether oxygens (including phenoxy) is 1. The smallest absolute Gasteiger partial charge is 0.339 e. The van der Waals surface area contributed by atoms with Crippen LogP contribution in [-0.4, -0.2) is 38.8 Å². The Morgan fingerprint density at radius 3 is 2.70 bits per heavy atom. The first-order valence-electron chi connectivity index (χ1n) is 7.98. The van der Waals surface area contributed by atoms with Gasteiger partial charge >= 0.3 is 5.97 Å². The SMILES string of the molecule is COC(=O)c1ccccc1N1CCNCC1Cc1ccccc1. The molecular formula is C19H22N2O2. The summed E-state index contributed by atoms with van der Waals surface area (Å²) in [6.45, 7) is 2.71. The third kappa shape index (κ3) is 3.54. The molecule has 1 atom stereocenters. The predicted molar refractivity (Wildman–Crippen MR) is 91.9 cm³/mol. The lowest BCUT2D eigenvalue weighted by molar-refractivity contribution is 0.0601. The second-order valence-electron chi connectivity index (χ2n) is 5.75. The Bertz CT molecular complexity index is 657. The van der Waals surface area contributed by atoms with E-state index in [2.05, 4.69) is 34.5 Å². The van der Waals surface area contributed by atoms with Gasteiger partial charge in [-0.15, -0.1) is 0 Å². The molecule has 0 aromatic heterocycles. The minimum Gasteiger partial charge on any atom is -0.465 e. The lowest BCUT2D eigenvalue weighted by Gasteiger charge is -2.39. The molecule has 0 radical (unpaired) electrons. The number of hydrogen-bond donors (Lipinski definition) is 1. The molecule has 1 fully saturated rings. The molecule has 1 saturated heterocycles. The van der Waals surface area contributed by atoms with Gasteiger partial charge in [-0.05, 0) is 24.1 Å². The van der Waals surface area contributed by atoms with E-state index in [0.717, 1.165) is 31.7 Å². The molecule has 0 spiro atoms. The molecular weight excluding hydrogens is 288 g/mol. The van der Waals surface area contributed by atoms with E-state index in [1.165, 1.54) is 12.7 Å². The molecule has 0 aliphatic carbocycles. The number of rotatable bonds is 4. The maximum atomic E-state index is 12.1. The summed E-state index contributed by atoms with van der Waals surface area (Å²) in [5.41, 5.74) is 2.90. The average Bonchev–Trinajstić information content (AvgIpc) is 2.62. The van der Waals surface area contributed by atoms with Gasteiger partial charge in [0.2, 0.25) is 0 Å². The monoisotopic (exact) mass is 310 g/mol. The quantitative estimate of drug-likeness (QED) is 0.881. The predicted octanol–water partition coefficient (Wildman–Crippen LogP) is 2.49. The first-order valence-corrected chi connectivity index (χ1v) is 7.98. The minimum absolute atomic E-state index is 0.280. The van der Waals surface area contributed by atoms with Gasteiger partial charge in [-0.25, -0.2) is 4.79 Å². The molecule has 1 aliphatic rings. The van der Waals surface area contributed by atoms with Gasteiger partial charge in [0, 0.05) is 25.7 Å². The fraction of sp³-hybridized carbons (Fsp3) is 0.316. The van der Waals surface area contributed by atoms with Crippen molar-refractivity contribution in [2.45, 2.75) is 12.5 Å². The summed E-state index contributed by atoms with van der Waals surface area (Å²) in [6.07, 6.45) is 0.948. The number of esters is 1. The van der Waals surface area contributed by atoms with Gasteiger partial charge in [0.25, 0.3) is 0 Å². The Kier molecular flexibility index (Phi) is 4.93. The highest BCUT2D eigenvalue weighted by Crippen LogP contribution is 2.25. The Morgan fingerprint density at radius 2 is 1.91 bits per heavy atom. The van der Waals surface area contributed by atoms with Gasteiger partial charge in [0.15, 0.2) is 0 Å². The molecule has 0 amide bonds. The summed E-state index contributed by atoms with van der Waals surface area (Å²) in [4.78, 5) is 14.4. The summed E-state index contributed by atoms with van der Waals surface area (Å²) in [5, 5.41) is 3.46. The molecule has 23 heavy (non-hydrogen) atoms. The van der Waals surface area contributed by atoms with Crippen LogP contribution >= 0.6 is 0 Å². The average molecular weight is 310 g/mol. The number of benzene rings is 2. The van der Waals surface area contributed by atoms with Crippen molar-refractivity contribution >= 4 is 11.7 Å². The van der Waals surface area contributed by atoms with Crippen LogP contribution in [0.5, 0.6) is 0 Å². The van der Waals surface area contributed by atoms with Crippen molar-refractivity contribution < 1.29 is 9.53 Å². The third-order valence-electron chi connectivity index (χ3n) is 4.28. The van der Waals surface area contributed by atoms with Gasteiger partial charge in [-0.1, -0.05) is 42.5 Å². The second kappa shape index (κ2) is 7.29. The number of hydrogen-bond acceptors (Lipinski definition) is 4. The molecule has 4 nitrogen and oxygen atoms in total. The largest absolute Gasteiger partial charge is 0.465 e. The molecule has 1 aliphatic heterocycles. The van der Waals surface area contributed by atoms with Crippen LogP contribution in [0.15, 0.2) is 54.6 Å². The first kappa shape index (κ1) is 15.6. The van der Waals surface area contributed by atoms with Gasteiger partial charge in [-0.2, -0.15) is 0 Å². The molecule has 1 heterocycles. The summed E-state index contributed by atoms with van der Waals surface area (Å²) in [5.74, 6) is -0.280. The van der Waals surface area contributed by atoms with E-state index in [9.17, 15) is 4.79 Å². The van der Waals surface area contributed by atoms with Crippen LogP contribution in [0.1, 0.15) is 15.9 Å². The highest BCUT2D eigenvalue weighted by molar-refractivity contribution is 5.95. The minimum atomic E-state index is -0.280. The van der Waals surface area contributed by atoms with Gasteiger partial charge < -0.3 is 15.0 Å². The zero-order valence-electron chi connectivity index (χ0n) is 13.4. The molecule has 120 valence electrons. The molecule has 3 rings (SSSR count). The van der Waals surface area contributed by atoms with Crippen LogP contribution in [0.3, 0.4) is 0 Å². The van der Waals surface area contributed by atoms with E-state index in [0.29, 0.717) is 11.6 Å². The van der Waals surface area contributed by atoms with Crippen LogP contribution in [-0.2, 0) is 11.2 Å². The summed E-state index contributed by atoms with van der Waals surface area (Å²) < 4.78 is 4.94. The lowest BCUT2D eigenvalue weighted by Crippen LogP contribution is -2.52. The second-order valence-corrected chi connectivity index (χ2v) is 5.75. The van der Waals surface area contributed by atoms with Crippen molar-refractivity contribution in [3.8, 4) is 0 Å². The van der Waals surface area contributed by atoms with Crippen molar-refractivity contribution in [2.75, 3.05) is 31.6 Å². The number of anilines is 1. The molecule has 0 saturated carbocycles. The maximum absolute atomic E-state index is 12.1. The Hall–Kier alpha value is -2.33. The van der Waals surface area contributed by atoms with Crippen molar-refractivity contribution in [1.29, 1.82) is 0 Å². The molecule has 2 aromatic carbocycles. The van der Waals surface area contributed by atoms with E-state index < -0.39 is 0 Å². The van der Waals surface area contributed by atoms with E-state index >= 15 is 0 Å². The van der Waals surface area contributed by atoms with E-state index in [1.54, 1.807) is 0 Å². The third-order valence-corrected chi connectivity index (χ3v) is 4.28. The van der Waals surface area contributed by atoms with E-state index in [4.69, 9.17) is 4.74 Å². The number of para-hydroxylation sites is 1. The fourth-order valence-electron chi connectivity index (χ4n) is 3.15. The van der Waals surface area contributed by atoms with Crippen LogP contribution < -0.4 is 10.2 Å². The van der Waals surface area contributed by atoms with Crippen LogP contribution in [0, 0.1) is 0 Å². The standard InChI is InChI=1S/C19H22N2O2/c1-23-19(22)17-9-5-6-10-18(17)21-12-11-20-14-16(21)13-15-7-3-2-4-8-15/h2-10,16,20H,11-14H2,1H3. The zero-order chi connectivity index (χ0) is 16.1. The van der Waals surface area contributed by atoms with Gasteiger partial charge in [0.05, 0.1) is 18.4 Å². The summed E-state index contributed by atoms with van der Waals surface area (Å²) in [6, 6.07) is 18.5. The Morgan fingerprint density at radius 1 is 1.17 bits per heavy atom. The van der Waals surface area contributed by atoms with Crippen molar-refractivity contribution in [1.82, 2.24) is 5.32 Å². The molecule has 1 N–H and O–H groups in total. The van der Waals surface area contributed by atoms with E-state index in [-0.39, 0.29) is 5.97 Å². The van der Waals surface area contributed by atoms with Crippen LogP contribution in [0.4, 0.5) is 5.69 Å². The summed E-state index contributed by atoms with van der Waals surface area (Å²) in [7, 11) is 1.43. The maximum Gasteiger partial charge on any atom is 0.339 e. The number of methoxy groups -OCH3 is 1. The van der Waals surface area contributed by atoms with Crippen molar-refractivity contribution in [3.63, 3.8) is 0 Å². The van der Waals surface area contributed by atoms with Crippen LogP contribution in [0.2, 0.25) is 0 Å². The number of nitrogens with zero attached hydrogens (tertiary/aromatic N) is 1. The molecule has 0 bridgehead atoms. The highest BCUT2D eigenvalue weighted by atomic mass is 16.5. The van der Waals surface area contributed by atoms with Crippen molar-refractivity contribution in [2.24, 2.45) is 0 Å². The van der Waals surface area contributed by atoms with Gasteiger partial charge in [-0.3, -0.25) is 0 Å². The topological polar surface area (TPSA) is 41.6 Å². The van der Waals surface area contributed by atoms with Gasteiger partial charge in [0.1, 0.15) is 0 Å². The fourth-order valence-corrected chi connectivity index (χ4v) is 3.15. The highest BCUT2D eigenvalue weighted by Gasteiger charge is 2.26. The molecule has 2 aromatic rings. The number of piperazine rings is 1. The van der Waals surface area contributed by atoms with Crippen LogP contribution in [0.25, 0.3) is 0 Å². The zero-order valence-corrected chi connectivity index (χ0v) is 13.4.